The third-order valence-corrected chi connectivity index (χ3v) is 2.39. The highest BCUT2D eigenvalue weighted by Gasteiger charge is 2.09. The highest BCUT2D eigenvalue weighted by Crippen LogP contribution is 2.16. The summed E-state index contributed by atoms with van der Waals surface area (Å²) in [5.41, 5.74) is 6.59. The highest BCUT2D eigenvalue weighted by molar-refractivity contribution is 6.31. The van der Waals surface area contributed by atoms with E-state index in [-0.39, 0.29) is 11.9 Å². The standard InChI is InChI=1S/C11H15ClN2O/c1-3-7(2)14-11(15)8-4-9(12)6-10(13)5-8/h4-7H,3,13H2,1-2H3,(H,14,15). The molecule has 1 atom stereocenters. The summed E-state index contributed by atoms with van der Waals surface area (Å²) in [6, 6.07) is 4.98. The number of nitrogens with two attached hydrogens (primary N) is 1. The summed E-state index contributed by atoms with van der Waals surface area (Å²) in [4.78, 5) is 11.7. The predicted octanol–water partition coefficient (Wildman–Crippen LogP) is 2.45. The molecule has 0 aliphatic carbocycles. The van der Waals surface area contributed by atoms with Crippen molar-refractivity contribution in [3.05, 3.63) is 28.8 Å². The van der Waals surface area contributed by atoms with Gasteiger partial charge in [0, 0.05) is 22.3 Å². The van der Waals surface area contributed by atoms with Crippen molar-refractivity contribution in [1.82, 2.24) is 5.32 Å². The Balaban J connectivity index is 2.82. The van der Waals surface area contributed by atoms with Crippen molar-refractivity contribution in [3.8, 4) is 0 Å². The molecular weight excluding hydrogens is 212 g/mol. The summed E-state index contributed by atoms with van der Waals surface area (Å²) in [7, 11) is 0. The van der Waals surface area contributed by atoms with Gasteiger partial charge in [0.15, 0.2) is 0 Å². The van der Waals surface area contributed by atoms with Crippen molar-refractivity contribution in [1.29, 1.82) is 0 Å². The Morgan fingerprint density at radius 2 is 2.20 bits per heavy atom. The highest BCUT2D eigenvalue weighted by atomic mass is 35.5. The number of halogens is 1. The molecule has 0 saturated carbocycles. The van der Waals surface area contributed by atoms with Gasteiger partial charge in [-0.25, -0.2) is 0 Å². The maximum Gasteiger partial charge on any atom is 0.251 e. The van der Waals surface area contributed by atoms with Gasteiger partial charge in [0.2, 0.25) is 0 Å². The average molecular weight is 227 g/mol. The second-order valence-electron chi connectivity index (χ2n) is 3.56. The number of carbonyl (C=O) groups excluding carboxylic acids is 1. The van der Waals surface area contributed by atoms with E-state index in [1.807, 2.05) is 13.8 Å². The van der Waals surface area contributed by atoms with Crippen LogP contribution in [0.4, 0.5) is 5.69 Å². The molecule has 4 heteroatoms. The average Bonchev–Trinajstić information content (AvgIpc) is 2.16. The zero-order chi connectivity index (χ0) is 11.4. The van der Waals surface area contributed by atoms with Crippen molar-refractivity contribution < 1.29 is 4.79 Å². The molecule has 0 fully saturated rings. The van der Waals surface area contributed by atoms with Gasteiger partial charge in [0.25, 0.3) is 5.91 Å². The summed E-state index contributed by atoms with van der Waals surface area (Å²) < 4.78 is 0. The molecule has 3 N–H and O–H groups in total. The number of anilines is 1. The largest absolute Gasteiger partial charge is 0.399 e. The first-order valence-electron chi connectivity index (χ1n) is 4.90. The minimum Gasteiger partial charge on any atom is -0.399 e. The maximum absolute atomic E-state index is 11.7. The Kier molecular flexibility index (Phi) is 3.97. The SMILES string of the molecule is CCC(C)NC(=O)c1cc(N)cc(Cl)c1. The summed E-state index contributed by atoms with van der Waals surface area (Å²) in [6.45, 7) is 3.96. The van der Waals surface area contributed by atoms with Gasteiger partial charge >= 0.3 is 0 Å². The lowest BCUT2D eigenvalue weighted by Crippen LogP contribution is -2.31. The topological polar surface area (TPSA) is 55.1 Å². The molecule has 0 radical (unpaired) electrons. The van der Waals surface area contributed by atoms with Crippen LogP contribution in [0.2, 0.25) is 5.02 Å². The fraction of sp³-hybridized carbons (Fsp3) is 0.364. The fourth-order valence-corrected chi connectivity index (χ4v) is 1.40. The van der Waals surface area contributed by atoms with Crippen LogP contribution in [0.3, 0.4) is 0 Å². The van der Waals surface area contributed by atoms with Gasteiger partial charge in [0.05, 0.1) is 0 Å². The van der Waals surface area contributed by atoms with Crippen molar-refractivity contribution >= 4 is 23.2 Å². The van der Waals surface area contributed by atoms with Gasteiger partial charge in [0.1, 0.15) is 0 Å². The van der Waals surface area contributed by atoms with Gasteiger partial charge in [-0.15, -0.1) is 0 Å². The molecule has 1 amide bonds. The Morgan fingerprint density at radius 3 is 2.73 bits per heavy atom. The monoisotopic (exact) mass is 226 g/mol. The van der Waals surface area contributed by atoms with Crippen molar-refractivity contribution in [2.45, 2.75) is 26.3 Å². The van der Waals surface area contributed by atoms with Crippen LogP contribution in [-0.2, 0) is 0 Å². The number of carbonyl (C=O) groups is 1. The molecule has 0 aliphatic heterocycles. The van der Waals surface area contributed by atoms with Gasteiger partial charge in [-0.05, 0) is 31.5 Å². The van der Waals surface area contributed by atoms with Crippen LogP contribution in [0.5, 0.6) is 0 Å². The first-order valence-corrected chi connectivity index (χ1v) is 5.27. The zero-order valence-corrected chi connectivity index (χ0v) is 9.64. The molecule has 0 heterocycles. The normalized spacial score (nSPS) is 12.2. The molecule has 0 aromatic heterocycles. The molecule has 0 spiro atoms. The molecule has 15 heavy (non-hydrogen) atoms. The number of benzene rings is 1. The molecule has 1 unspecified atom stereocenters. The predicted molar refractivity (Wildman–Crippen MR) is 63.1 cm³/mol. The molecular formula is C11H15ClN2O. The smallest absolute Gasteiger partial charge is 0.251 e. The first kappa shape index (κ1) is 11.9. The van der Waals surface area contributed by atoms with Gasteiger partial charge < -0.3 is 11.1 Å². The zero-order valence-electron chi connectivity index (χ0n) is 8.88. The Morgan fingerprint density at radius 1 is 1.53 bits per heavy atom. The minimum absolute atomic E-state index is 0.140. The molecule has 1 aromatic carbocycles. The maximum atomic E-state index is 11.7. The van der Waals surface area contributed by atoms with E-state index in [2.05, 4.69) is 5.32 Å². The molecule has 1 aromatic rings. The lowest BCUT2D eigenvalue weighted by atomic mass is 10.1. The molecule has 0 aliphatic rings. The third-order valence-electron chi connectivity index (χ3n) is 2.17. The van der Waals surface area contributed by atoms with Gasteiger partial charge in [-0.1, -0.05) is 18.5 Å². The van der Waals surface area contributed by atoms with Crippen LogP contribution in [0, 0.1) is 0 Å². The Bertz CT molecular complexity index is 345. The Labute approximate surface area is 94.6 Å². The number of nitrogen functional groups attached to an aromatic ring is 1. The summed E-state index contributed by atoms with van der Waals surface area (Å²) in [6.07, 6.45) is 0.891. The van der Waals surface area contributed by atoms with Crippen molar-refractivity contribution in [2.75, 3.05) is 5.73 Å². The summed E-state index contributed by atoms with van der Waals surface area (Å²) in [5, 5.41) is 3.32. The van der Waals surface area contributed by atoms with Crippen LogP contribution in [0.15, 0.2) is 18.2 Å². The van der Waals surface area contributed by atoms with Crippen molar-refractivity contribution in [2.24, 2.45) is 0 Å². The first-order chi connectivity index (χ1) is 7.02. The molecule has 82 valence electrons. The molecule has 3 nitrogen and oxygen atoms in total. The second kappa shape index (κ2) is 5.03. The van der Waals surface area contributed by atoms with Crippen LogP contribution >= 0.6 is 11.6 Å². The van der Waals surface area contributed by atoms with E-state index in [1.54, 1.807) is 18.2 Å². The lowest BCUT2D eigenvalue weighted by molar-refractivity contribution is 0.0939. The number of nitrogens with one attached hydrogen (secondary N) is 1. The van der Waals surface area contributed by atoms with E-state index in [9.17, 15) is 4.79 Å². The fourth-order valence-electron chi connectivity index (χ4n) is 1.15. The second-order valence-corrected chi connectivity index (χ2v) is 3.99. The van der Waals surface area contributed by atoms with E-state index in [0.717, 1.165) is 6.42 Å². The molecule has 1 rings (SSSR count). The van der Waals surface area contributed by atoms with Crippen LogP contribution in [-0.4, -0.2) is 11.9 Å². The summed E-state index contributed by atoms with van der Waals surface area (Å²) in [5.74, 6) is -0.140. The number of rotatable bonds is 3. The number of hydrogen-bond donors (Lipinski definition) is 2. The van der Waals surface area contributed by atoms with E-state index >= 15 is 0 Å². The minimum atomic E-state index is -0.140. The van der Waals surface area contributed by atoms with Crippen molar-refractivity contribution in [3.63, 3.8) is 0 Å². The Hall–Kier alpha value is -1.22. The van der Waals surface area contributed by atoms with E-state index in [4.69, 9.17) is 17.3 Å². The van der Waals surface area contributed by atoms with E-state index in [0.29, 0.717) is 16.3 Å². The van der Waals surface area contributed by atoms with E-state index in [1.165, 1.54) is 0 Å². The van der Waals surface area contributed by atoms with E-state index < -0.39 is 0 Å². The quantitative estimate of drug-likeness (QED) is 0.778. The van der Waals surface area contributed by atoms with Crippen LogP contribution < -0.4 is 11.1 Å². The summed E-state index contributed by atoms with van der Waals surface area (Å²) >= 11 is 5.80. The van der Waals surface area contributed by atoms with Gasteiger partial charge in [-0.2, -0.15) is 0 Å². The third kappa shape index (κ3) is 3.44. The lowest BCUT2D eigenvalue weighted by Gasteiger charge is -2.11. The molecule has 0 saturated heterocycles. The molecule has 0 bridgehead atoms. The van der Waals surface area contributed by atoms with Crippen LogP contribution in [0.25, 0.3) is 0 Å². The van der Waals surface area contributed by atoms with Crippen LogP contribution in [0.1, 0.15) is 30.6 Å². The van der Waals surface area contributed by atoms with Gasteiger partial charge in [-0.3, -0.25) is 4.79 Å². The number of amides is 1. The number of hydrogen-bond acceptors (Lipinski definition) is 2.